The minimum Gasteiger partial charge on any atom is -0.353 e. The number of benzene rings is 2. The molecule has 3 aromatic rings. The van der Waals surface area contributed by atoms with Gasteiger partial charge in [0.05, 0.1) is 21.1 Å². The number of aromatic nitrogens is 1. The third kappa shape index (κ3) is 8.23. The predicted octanol–water partition coefficient (Wildman–Crippen LogP) is 6.04. The molecule has 2 aromatic carbocycles. The van der Waals surface area contributed by atoms with E-state index in [1.165, 1.54) is 11.6 Å². The smallest absolute Gasteiger partial charge is 0.224 e. The Morgan fingerprint density at radius 2 is 1.81 bits per heavy atom. The fourth-order valence-electron chi connectivity index (χ4n) is 4.31. The highest BCUT2D eigenvalue weighted by molar-refractivity contribution is 7.18. The lowest BCUT2D eigenvalue weighted by molar-refractivity contribution is -0.130. The topological polar surface area (TPSA) is 76.1 Å². The molecular weight excluding hydrogens is 468 g/mol. The van der Waals surface area contributed by atoms with Gasteiger partial charge in [-0.1, -0.05) is 56.8 Å². The second kappa shape index (κ2) is 13.8. The van der Waals surface area contributed by atoms with E-state index < -0.39 is 5.92 Å². The van der Waals surface area contributed by atoms with Crippen molar-refractivity contribution in [3.8, 4) is 0 Å². The fourth-order valence-corrected chi connectivity index (χ4v) is 5.42. The fraction of sp³-hybridized carbons (Fsp3) is 0.400. The highest BCUT2D eigenvalue weighted by atomic mass is 32.1. The van der Waals surface area contributed by atoms with E-state index in [2.05, 4.69) is 31.0 Å². The number of ketones is 2. The number of aryl methyl sites for hydroxylation is 1. The Morgan fingerprint density at radius 1 is 1.03 bits per heavy atom. The maximum Gasteiger partial charge on any atom is 0.224 e. The first-order valence-corrected chi connectivity index (χ1v) is 13.6. The number of allylic oxidation sites excluding steroid dienone is 1. The lowest BCUT2D eigenvalue weighted by atomic mass is 9.94. The van der Waals surface area contributed by atoms with Gasteiger partial charge >= 0.3 is 0 Å². The summed E-state index contributed by atoms with van der Waals surface area (Å²) in [5, 5.41) is 4.03. The van der Waals surface area contributed by atoms with Gasteiger partial charge < -0.3 is 5.32 Å². The molecule has 0 aliphatic carbocycles. The molecule has 3 rings (SSSR count). The zero-order valence-corrected chi connectivity index (χ0v) is 22.1. The number of Topliss-reactive ketones (excluding diaryl/α,β-unsaturated/α-hetero) is 1. The third-order valence-corrected chi connectivity index (χ3v) is 7.38. The lowest BCUT2D eigenvalue weighted by Gasteiger charge is -2.22. The van der Waals surface area contributed by atoms with Crippen molar-refractivity contribution < 1.29 is 14.4 Å². The van der Waals surface area contributed by atoms with Gasteiger partial charge in [-0.05, 0) is 55.0 Å². The van der Waals surface area contributed by atoms with Crippen LogP contribution in [0.5, 0.6) is 0 Å². The maximum atomic E-state index is 13.5. The van der Waals surface area contributed by atoms with E-state index in [1.54, 1.807) is 11.3 Å². The molecule has 0 spiro atoms. The van der Waals surface area contributed by atoms with Crippen LogP contribution in [0.25, 0.3) is 10.2 Å². The number of nitrogens with zero attached hydrogens (tertiary/aromatic N) is 1. The van der Waals surface area contributed by atoms with Crippen molar-refractivity contribution in [2.75, 3.05) is 0 Å². The standard InChI is InChI=1S/C30H36N2O3S/c1-4-10-26(34)19-23(20-29-32-27-16-13-21(5-2)18-28(27)36-29)30(35)31-24(14-15-25(33)6-3)17-22-11-8-7-9-12-22/h6-9,11-13,16,18,23-24H,3-5,10,14-15,17,19-20H2,1-2H3,(H,31,35)/t23-,24+/m0/s1. The summed E-state index contributed by atoms with van der Waals surface area (Å²) in [4.78, 5) is 42.8. The van der Waals surface area contributed by atoms with Crippen LogP contribution in [0.4, 0.5) is 0 Å². The van der Waals surface area contributed by atoms with Crippen LogP contribution in [0.1, 0.15) is 62.1 Å². The zero-order valence-electron chi connectivity index (χ0n) is 21.3. The van der Waals surface area contributed by atoms with E-state index in [9.17, 15) is 14.4 Å². The summed E-state index contributed by atoms with van der Waals surface area (Å²) in [6.07, 6.45) is 5.57. The van der Waals surface area contributed by atoms with Crippen LogP contribution in [-0.4, -0.2) is 28.5 Å². The quantitative estimate of drug-likeness (QED) is 0.256. The monoisotopic (exact) mass is 504 g/mol. The second-order valence-electron chi connectivity index (χ2n) is 9.26. The highest BCUT2D eigenvalue weighted by Gasteiger charge is 2.26. The lowest BCUT2D eigenvalue weighted by Crippen LogP contribution is -2.41. The van der Waals surface area contributed by atoms with Gasteiger partial charge in [-0.3, -0.25) is 14.4 Å². The first-order valence-electron chi connectivity index (χ1n) is 12.8. The molecule has 2 atom stereocenters. The summed E-state index contributed by atoms with van der Waals surface area (Å²) >= 11 is 1.59. The van der Waals surface area contributed by atoms with Crippen LogP contribution < -0.4 is 5.32 Å². The molecule has 0 aliphatic rings. The molecular formula is C30H36N2O3S. The molecule has 36 heavy (non-hydrogen) atoms. The van der Waals surface area contributed by atoms with E-state index in [1.807, 2.05) is 43.3 Å². The number of hydrogen-bond donors (Lipinski definition) is 1. The average molecular weight is 505 g/mol. The van der Waals surface area contributed by atoms with Crippen LogP contribution >= 0.6 is 11.3 Å². The summed E-state index contributed by atoms with van der Waals surface area (Å²) in [6.45, 7) is 7.65. The molecule has 1 aromatic heterocycles. The first-order chi connectivity index (χ1) is 17.4. The number of thiazole rings is 1. The molecule has 0 saturated carbocycles. The van der Waals surface area contributed by atoms with Crippen molar-refractivity contribution in [2.45, 2.75) is 71.3 Å². The normalized spacial score (nSPS) is 12.7. The number of fused-ring (bicyclic) bond motifs is 1. The molecule has 190 valence electrons. The van der Waals surface area contributed by atoms with Gasteiger partial charge in [-0.15, -0.1) is 11.3 Å². The first kappa shape index (κ1) is 27.5. The Balaban J connectivity index is 1.79. The average Bonchev–Trinajstić information content (AvgIpc) is 3.28. The van der Waals surface area contributed by atoms with Gasteiger partial charge in [0.2, 0.25) is 5.91 Å². The van der Waals surface area contributed by atoms with E-state index in [0.717, 1.165) is 33.6 Å². The summed E-state index contributed by atoms with van der Waals surface area (Å²) in [5.41, 5.74) is 3.27. The highest BCUT2D eigenvalue weighted by Crippen LogP contribution is 2.27. The van der Waals surface area contributed by atoms with E-state index in [4.69, 9.17) is 4.98 Å². The molecule has 0 radical (unpaired) electrons. The Morgan fingerprint density at radius 3 is 2.50 bits per heavy atom. The molecule has 1 heterocycles. The number of amides is 1. The van der Waals surface area contributed by atoms with Gasteiger partial charge in [-0.2, -0.15) is 0 Å². The number of hydrogen-bond acceptors (Lipinski definition) is 5. The van der Waals surface area contributed by atoms with Crippen molar-refractivity contribution in [3.05, 3.63) is 77.3 Å². The number of carbonyl (C=O) groups is 3. The van der Waals surface area contributed by atoms with E-state index in [0.29, 0.717) is 32.1 Å². The molecule has 0 bridgehead atoms. The van der Waals surface area contributed by atoms with Crippen molar-refractivity contribution in [2.24, 2.45) is 5.92 Å². The van der Waals surface area contributed by atoms with Gasteiger partial charge in [-0.25, -0.2) is 4.98 Å². The summed E-state index contributed by atoms with van der Waals surface area (Å²) in [7, 11) is 0. The largest absolute Gasteiger partial charge is 0.353 e. The minimum atomic E-state index is -0.497. The van der Waals surface area contributed by atoms with Gasteiger partial charge in [0, 0.05) is 31.7 Å². The molecule has 1 amide bonds. The Hall–Kier alpha value is -3.12. The van der Waals surface area contributed by atoms with Gasteiger partial charge in [0.15, 0.2) is 5.78 Å². The van der Waals surface area contributed by atoms with E-state index in [-0.39, 0.29) is 29.9 Å². The second-order valence-corrected chi connectivity index (χ2v) is 10.4. The molecule has 0 unspecified atom stereocenters. The molecule has 0 aliphatic heterocycles. The summed E-state index contributed by atoms with van der Waals surface area (Å²) < 4.78 is 1.10. The number of nitrogens with one attached hydrogen (secondary N) is 1. The molecule has 0 saturated heterocycles. The van der Waals surface area contributed by atoms with Crippen molar-refractivity contribution in [1.82, 2.24) is 10.3 Å². The van der Waals surface area contributed by atoms with Crippen LogP contribution in [0.2, 0.25) is 0 Å². The van der Waals surface area contributed by atoms with Crippen molar-refractivity contribution >= 4 is 39.0 Å². The zero-order chi connectivity index (χ0) is 25.9. The van der Waals surface area contributed by atoms with Crippen LogP contribution in [0, 0.1) is 5.92 Å². The Kier molecular flexibility index (Phi) is 10.6. The predicted molar refractivity (Wildman–Crippen MR) is 147 cm³/mol. The van der Waals surface area contributed by atoms with E-state index >= 15 is 0 Å². The summed E-state index contributed by atoms with van der Waals surface area (Å²) in [5.74, 6) is -0.602. The molecule has 0 fully saturated rings. The number of rotatable bonds is 15. The van der Waals surface area contributed by atoms with Crippen molar-refractivity contribution in [1.29, 1.82) is 0 Å². The van der Waals surface area contributed by atoms with Gasteiger partial charge in [0.1, 0.15) is 5.78 Å². The molecule has 1 N–H and O–H groups in total. The Labute approximate surface area is 218 Å². The van der Waals surface area contributed by atoms with Gasteiger partial charge in [0.25, 0.3) is 0 Å². The minimum absolute atomic E-state index is 0.0436. The van der Waals surface area contributed by atoms with Crippen LogP contribution in [0.3, 0.4) is 0 Å². The summed E-state index contributed by atoms with van der Waals surface area (Å²) in [6, 6.07) is 16.0. The van der Waals surface area contributed by atoms with Crippen LogP contribution in [0.15, 0.2) is 61.2 Å². The molecule has 5 nitrogen and oxygen atoms in total. The maximum absolute atomic E-state index is 13.5. The Bertz CT molecular complexity index is 1190. The van der Waals surface area contributed by atoms with Crippen LogP contribution in [-0.2, 0) is 33.6 Å². The third-order valence-electron chi connectivity index (χ3n) is 6.34. The molecule has 6 heteroatoms. The SMILES string of the molecule is C=CC(=O)CC[C@H](Cc1ccccc1)NC(=O)[C@@H](CC(=O)CCC)Cc1nc2ccc(CC)cc2s1. The van der Waals surface area contributed by atoms with Crippen molar-refractivity contribution in [3.63, 3.8) is 0 Å². The number of carbonyl (C=O) groups excluding carboxylic acids is 3.